The zero-order valence-corrected chi connectivity index (χ0v) is 11.9. The van der Waals surface area contributed by atoms with Gasteiger partial charge in [-0.25, -0.2) is 4.79 Å². The summed E-state index contributed by atoms with van der Waals surface area (Å²) in [7, 11) is 0. The first kappa shape index (κ1) is 13.9. The molecule has 0 aromatic heterocycles. The summed E-state index contributed by atoms with van der Waals surface area (Å²) >= 11 is -1.22. The molecule has 1 unspecified atom stereocenters. The molecule has 0 radical (unpaired) electrons. The van der Waals surface area contributed by atoms with E-state index in [1.165, 1.54) is 0 Å². The maximum Gasteiger partial charge on any atom is 0.410 e. The Bertz CT molecular complexity index is 320. The van der Waals surface area contributed by atoms with Gasteiger partial charge in [0.2, 0.25) is 0 Å². The highest BCUT2D eigenvalue weighted by atomic mass is 32.2. The predicted octanol–water partition coefficient (Wildman–Crippen LogP) is -0.0877. The van der Waals surface area contributed by atoms with Gasteiger partial charge in [0.15, 0.2) is 5.25 Å². The summed E-state index contributed by atoms with van der Waals surface area (Å²) in [6, 6.07) is 0.373. The summed E-state index contributed by atoms with van der Waals surface area (Å²) in [5.74, 6) is 0. The summed E-state index contributed by atoms with van der Waals surface area (Å²) in [5.41, 5.74) is -0.444. The fraction of sp³-hybridized carbons (Fsp3) is 0.909. The van der Waals surface area contributed by atoms with Gasteiger partial charge in [-0.2, -0.15) is 5.14 Å². The molecular weight excluding hydrogens is 254 g/mol. The number of nitrogens with two attached hydrogens (primary N) is 1. The first-order valence-electron chi connectivity index (χ1n) is 6.13. The van der Waals surface area contributed by atoms with Gasteiger partial charge in [-0.1, -0.05) is 0 Å². The van der Waals surface area contributed by atoms with Crippen molar-refractivity contribution in [2.45, 2.75) is 37.7 Å². The molecule has 0 saturated carbocycles. The number of ether oxygens (including phenoxy) is 1. The van der Waals surface area contributed by atoms with Gasteiger partial charge in [-0.3, -0.25) is 4.90 Å². The summed E-state index contributed by atoms with van der Waals surface area (Å²) in [4.78, 5) is 15.6. The lowest BCUT2D eigenvalue weighted by Gasteiger charge is -2.50. The van der Waals surface area contributed by atoms with Gasteiger partial charge in [0, 0.05) is 43.6 Å². The topological polar surface area (TPSA) is 81.9 Å². The van der Waals surface area contributed by atoms with Crippen molar-refractivity contribution >= 4 is 17.5 Å². The van der Waals surface area contributed by atoms with Crippen molar-refractivity contribution in [1.29, 1.82) is 0 Å². The zero-order valence-electron chi connectivity index (χ0n) is 11.1. The van der Waals surface area contributed by atoms with E-state index in [1.807, 2.05) is 20.8 Å². The normalized spacial score (nSPS) is 24.4. The first-order valence-corrected chi connectivity index (χ1v) is 7.41. The molecule has 2 aliphatic heterocycles. The van der Waals surface area contributed by atoms with Gasteiger partial charge in [-0.15, -0.1) is 0 Å². The van der Waals surface area contributed by atoms with Gasteiger partial charge in [0.1, 0.15) is 5.60 Å². The largest absolute Gasteiger partial charge is 0.598 e. The molecule has 0 bridgehead atoms. The van der Waals surface area contributed by atoms with Gasteiger partial charge in [0.05, 0.1) is 0 Å². The van der Waals surface area contributed by atoms with Crippen LogP contribution in [0.15, 0.2) is 0 Å². The van der Waals surface area contributed by atoms with E-state index in [2.05, 4.69) is 4.90 Å². The number of carbonyl (C=O) groups is 1. The summed E-state index contributed by atoms with van der Waals surface area (Å²) in [5, 5.41) is 5.42. The molecule has 6 nitrogen and oxygen atoms in total. The molecule has 1 amide bonds. The predicted molar refractivity (Wildman–Crippen MR) is 69.3 cm³/mol. The van der Waals surface area contributed by atoms with Crippen LogP contribution >= 0.6 is 0 Å². The zero-order chi connectivity index (χ0) is 13.5. The minimum Gasteiger partial charge on any atom is -0.598 e. The van der Waals surface area contributed by atoms with Crippen LogP contribution in [0, 0.1) is 0 Å². The van der Waals surface area contributed by atoms with Crippen LogP contribution in [-0.2, 0) is 16.1 Å². The number of carbonyl (C=O) groups excluding carboxylic acids is 1. The maximum absolute atomic E-state index is 11.7. The second kappa shape index (κ2) is 4.88. The van der Waals surface area contributed by atoms with E-state index in [1.54, 1.807) is 4.90 Å². The average Bonchev–Trinajstić information content (AvgIpc) is 2.01. The van der Waals surface area contributed by atoms with Crippen molar-refractivity contribution < 1.29 is 14.1 Å². The molecule has 7 heteroatoms. The molecule has 1 atom stereocenters. The molecule has 2 N–H and O–H groups in total. The molecule has 2 saturated heterocycles. The Morgan fingerprint density at radius 2 is 1.89 bits per heavy atom. The van der Waals surface area contributed by atoms with Crippen LogP contribution in [0.1, 0.15) is 20.8 Å². The molecule has 18 heavy (non-hydrogen) atoms. The average molecular weight is 275 g/mol. The van der Waals surface area contributed by atoms with Gasteiger partial charge in [-0.05, 0) is 20.8 Å². The number of hydrogen-bond acceptors (Lipinski definition) is 5. The van der Waals surface area contributed by atoms with E-state index in [0.29, 0.717) is 19.1 Å². The fourth-order valence-corrected chi connectivity index (χ4v) is 2.75. The number of nitrogens with zero attached hydrogens (tertiary/aromatic N) is 2. The third-order valence-electron chi connectivity index (χ3n) is 3.24. The molecule has 2 fully saturated rings. The van der Waals surface area contributed by atoms with Crippen LogP contribution in [0.3, 0.4) is 0 Å². The Hall–Kier alpha value is -0.500. The summed E-state index contributed by atoms with van der Waals surface area (Å²) in [6.07, 6.45) is -0.252. The van der Waals surface area contributed by atoms with Crippen molar-refractivity contribution in [2.24, 2.45) is 5.14 Å². The molecule has 0 aliphatic carbocycles. The van der Waals surface area contributed by atoms with Crippen molar-refractivity contribution in [3.63, 3.8) is 0 Å². The number of amides is 1. The van der Waals surface area contributed by atoms with Crippen LogP contribution < -0.4 is 5.14 Å². The monoisotopic (exact) mass is 275 g/mol. The molecule has 2 rings (SSSR count). The van der Waals surface area contributed by atoms with E-state index in [9.17, 15) is 9.35 Å². The van der Waals surface area contributed by atoms with Crippen LogP contribution in [-0.4, -0.2) is 63.5 Å². The molecule has 104 valence electrons. The third kappa shape index (κ3) is 3.09. The van der Waals surface area contributed by atoms with E-state index in [4.69, 9.17) is 9.88 Å². The van der Waals surface area contributed by atoms with Crippen LogP contribution in [0.25, 0.3) is 0 Å². The first-order chi connectivity index (χ1) is 8.26. The SMILES string of the molecule is CC(C)(C)OC(=O)N1CC(N2CC([S+](N)[O-])C2)C1. The van der Waals surface area contributed by atoms with Crippen molar-refractivity contribution in [2.75, 3.05) is 26.2 Å². The second-order valence-corrected chi connectivity index (χ2v) is 7.27. The molecule has 0 aromatic rings. The molecule has 0 aromatic carbocycles. The van der Waals surface area contributed by atoms with Crippen LogP contribution in [0.2, 0.25) is 0 Å². The lowest BCUT2D eigenvalue weighted by Crippen LogP contribution is -2.69. The summed E-state index contributed by atoms with van der Waals surface area (Å²) < 4.78 is 16.3. The molecule has 2 aliphatic rings. The Labute approximate surface area is 111 Å². The smallest absolute Gasteiger partial charge is 0.410 e. The van der Waals surface area contributed by atoms with Gasteiger partial charge >= 0.3 is 6.09 Å². The number of hydrogen-bond donors (Lipinski definition) is 1. The highest BCUT2D eigenvalue weighted by molar-refractivity contribution is 7.89. The van der Waals surface area contributed by atoms with Crippen molar-refractivity contribution in [3.8, 4) is 0 Å². The molecule has 0 spiro atoms. The van der Waals surface area contributed by atoms with E-state index >= 15 is 0 Å². The third-order valence-corrected chi connectivity index (χ3v) is 4.19. The van der Waals surface area contributed by atoms with E-state index in [0.717, 1.165) is 13.1 Å². The Balaban J connectivity index is 1.67. The maximum atomic E-state index is 11.7. The number of rotatable bonds is 2. The Morgan fingerprint density at radius 3 is 2.33 bits per heavy atom. The highest BCUT2D eigenvalue weighted by Crippen LogP contribution is 2.24. The minimum absolute atomic E-state index is 0.0978. The Morgan fingerprint density at radius 1 is 1.33 bits per heavy atom. The molecular formula is C11H21N3O3S. The van der Waals surface area contributed by atoms with Gasteiger partial charge < -0.3 is 14.2 Å². The fourth-order valence-electron chi connectivity index (χ4n) is 2.08. The summed E-state index contributed by atoms with van der Waals surface area (Å²) in [6.45, 7) is 8.51. The van der Waals surface area contributed by atoms with Gasteiger partial charge in [0.25, 0.3) is 0 Å². The minimum atomic E-state index is -1.22. The quantitative estimate of drug-likeness (QED) is 0.712. The van der Waals surface area contributed by atoms with Crippen LogP contribution in [0.5, 0.6) is 0 Å². The number of likely N-dealkylation sites (tertiary alicyclic amines) is 2. The second-order valence-electron chi connectivity index (χ2n) is 5.94. The van der Waals surface area contributed by atoms with E-state index in [-0.39, 0.29) is 11.3 Å². The van der Waals surface area contributed by atoms with Crippen molar-refractivity contribution in [3.05, 3.63) is 0 Å². The standard InChI is InChI=1S/C11H21N3O3S/c1-11(2,3)17-10(15)14-4-8(5-14)13-6-9(7-13)18(12)16/h8-9H,4-7,12H2,1-3H3. The lowest BCUT2D eigenvalue weighted by atomic mass is 10.0. The highest BCUT2D eigenvalue weighted by Gasteiger charge is 2.45. The van der Waals surface area contributed by atoms with E-state index < -0.39 is 17.0 Å². The lowest BCUT2D eigenvalue weighted by molar-refractivity contribution is -0.0274. The Kier molecular flexibility index (Phi) is 3.77. The molecule has 2 heterocycles. The van der Waals surface area contributed by atoms with Crippen LogP contribution in [0.4, 0.5) is 4.79 Å². The van der Waals surface area contributed by atoms with Crippen molar-refractivity contribution in [1.82, 2.24) is 9.80 Å².